The molecule has 0 saturated heterocycles. The number of nitrogens with one attached hydrogen (secondary N) is 1. The third-order valence-electron chi connectivity index (χ3n) is 5.73. The predicted molar refractivity (Wildman–Crippen MR) is 125 cm³/mol. The molecule has 5 aromatic rings. The van der Waals surface area contributed by atoms with Gasteiger partial charge in [0.1, 0.15) is 6.33 Å². The van der Waals surface area contributed by atoms with E-state index in [0.29, 0.717) is 24.9 Å². The summed E-state index contributed by atoms with van der Waals surface area (Å²) in [6.45, 7) is 5.05. The van der Waals surface area contributed by atoms with Crippen LogP contribution in [-0.2, 0) is 19.5 Å². The molecular weight excluding hydrogens is 432 g/mol. The van der Waals surface area contributed by atoms with Crippen molar-refractivity contribution in [1.29, 1.82) is 0 Å². The Balaban J connectivity index is 1.61. The zero-order valence-corrected chi connectivity index (χ0v) is 19.0. The number of H-pyrrole nitrogens is 1. The number of pyridine rings is 1. The van der Waals surface area contributed by atoms with Crippen LogP contribution in [0, 0.1) is 0 Å². The molecule has 0 amide bonds. The van der Waals surface area contributed by atoms with Gasteiger partial charge in [0, 0.05) is 36.4 Å². The first kappa shape index (κ1) is 21.4. The molecule has 0 fully saturated rings. The van der Waals surface area contributed by atoms with Gasteiger partial charge in [0.15, 0.2) is 5.82 Å². The highest BCUT2D eigenvalue weighted by Crippen LogP contribution is 2.32. The van der Waals surface area contributed by atoms with Crippen molar-refractivity contribution in [3.8, 4) is 28.5 Å². The van der Waals surface area contributed by atoms with Gasteiger partial charge in [-0.25, -0.2) is 19.1 Å². The molecule has 0 spiro atoms. The molecule has 0 aliphatic carbocycles. The van der Waals surface area contributed by atoms with Crippen LogP contribution in [-0.4, -0.2) is 49.5 Å². The van der Waals surface area contributed by atoms with E-state index in [1.807, 2.05) is 43.5 Å². The van der Waals surface area contributed by atoms with Gasteiger partial charge in [-0.1, -0.05) is 37.6 Å². The fourth-order valence-electron chi connectivity index (χ4n) is 4.15. The van der Waals surface area contributed by atoms with Gasteiger partial charge in [-0.3, -0.25) is 9.55 Å². The standard InChI is InChI=1S/C23H24N10O/c1-3-7-17-14-32(22-25-15-26-33(22)4-2)23(34)31(17)13-16-12-24-11-10-18(16)19-8-5-6-9-20(19)21-27-29-30-28-21/h5-6,8-12,14-15H,3-4,7,13H2,1-2H3,(H,27,28,29,30). The second-order valence-corrected chi connectivity index (χ2v) is 7.81. The first-order valence-corrected chi connectivity index (χ1v) is 11.2. The molecule has 0 radical (unpaired) electrons. The number of rotatable bonds is 8. The van der Waals surface area contributed by atoms with E-state index >= 15 is 0 Å². The third-order valence-corrected chi connectivity index (χ3v) is 5.73. The summed E-state index contributed by atoms with van der Waals surface area (Å²) in [6, 6.07) is 9.84. The van der Waals surface area contributed by atoms with Gasteiger partial charge in [-0.05, 0) is 46.5 Å². The van der Waals surface area contributed by atoms with Crippen molar-refractivity contribution >= 4 is 0 Å². The summed E-state index contributed by atoms with van der Waals surface area (Å²) in [5.41, 5.74) is 4.47. The Bertz CT molecular complexity index is 1460. The van der Waals surface area contributed by atoms with E-state index in [1.54, 1.807) is 26.2 Å². The number of aromatic amines is 1. The van der Waals surface area contributed by atoms with E-state index in [0.717, 1.165) is 40.8 Å². The molecule has 5 rings (SSSR count). The van der Waals surface area contributed by atoms with Crippen LogP contribution in [0.5, 0.6) is 0 Å². The lowest BCUT2D eigenvalue weighted by Gasteiger charge is -2.13. The Morgan fingerprint density at radius 3 is 2.68 bits per heavy atom. The maximum absolute atomic E-state index is 13.5. The van der Waals surface area contributed by atoms with Crippen LogP contribution in [0.4, 0.5) is 0 Å². The van der Waals surface area contributed by atoms with Crippen molar-refractivity contribution in [3.63, 3.8) is 0 Å². The van der Waals surface area contributed by atoms with Crippen molar-refractivity contribution in [2.75, 3.05) is 0 Å². The summed E-state index contributed by atoms with van der Waals surface area (Å²) in [4.78, 5) is 22.2. The van der Waals surface area contributed by atoms with E-state index in [2.05, 4.69) is 42.6 Å². The lowest BCUT2D eigenvalue weighted by atomic mass is 9.96. The van der Waals surface area contributed by atoms with Crippen LogP contribution in [0.25, 0.3) is 28.5 Å². The quantitative estimate of drug-likeness (QED) is 0.380. The molecule has 11 nitrogen and oxygen atoms in total. The Labute approximate surface area is 195 Å². The number of aromatic nitrogens is 10. The third kappa shape index (κ3) is 3.81. The van der Waals surface area contributed by atoms with E-state index in [1.165, 1.54) is 6.33 Å². The molecule has 0 atom stereocenters. The number of tetrazole rings is 1. The van der Waals surface area contributed by atoms with Crippen LogP contribution in [0.15, 0.2) is 60.0 Å². The minimum absolute atomic E-state index is 0.159. The van der Waals surface area contributed by atoms with Crippen molar-refractivity contribution < 1.29 is 0 Å². The number of nitrogens with zero attached hydrogens (tertiary/aromatic N) is 9. The molecular formula is C23H24N10O. The maximum atomic E-state index is 13.5. The number of hydrogen-bond acceptors (Lipinski definition) is 7. The van der Waals surface area contributed by atoms with Gasteiger partial charge >= 0.3 is 5.69 Å². The monoisotopic (exact) mass is 456 g/mol. The molecule has 0 unspecified atom stereocenters. The van der Waals surface area contributed by atoms with Gasteiger partial charge in [0.05, 0.1) is 6.54 Å². The molecule has 172 valence electrons. The summed E-state index contributed by atoms with van der Waals surface area (Å²) >= 11 is 0. The maximum Gasteiger partial charge on any atom is 0.335 e. The van der Waals surface area contributed by atoms with Crippen LogP contribution in [0.2, 0.25) is 0 Å². The van der Waals surface area contributed by atoms with E-state index < -0.39 is 0 Å². The lowest BCUT2D eigenvalue weighted by molar-refractivity contribution is 0.620. The summed E-state index contributed by atoms with van der Waals surface area (Å²) < 4.78 is 5.07. The van der Waals surface area contributed by atoms with Crippen LogP contribution in [0.3, 0.4) is 0 Å². The minimum Gasteiger partial charge on any atom is -0.291 e. The molecule has 0 saturated carbocycles. The van der Waals surface area contributed by atoms with Crippen LogP contribution in [0.1, 0.15) is 31.5 Å². The number of benzene rings is 1. The Morgan fingerprint density at radius 2 is 1.91 bits per heavy atom. The molecule has 0 aliphatic rings. The van der Waals surface area contributed by atoms with Crippen molar-refractivity contribution in [2.24, 2.45) is 0 Å². The molecule has 11 heteroatoms. The highest BCUT2D eigenvalue weighted by Gasteiger charge is 2.19. The number of aryl methyl sites for hydroxylation is 2. The number of hydrogen-bond donors (Lipinski definition) is 1. The Hall–Kier alpha value is -4.41. The first-order valence-electron chi connectivity index (χ1n) is 11.2. The molecule has 1 N–H and O–H groups in total. The average Bonchev–Trinajstić information content (AvgIpc) is 3.62. The second kappa shape index (κ2) is 9.22. The van der Waals surface area contributed by atoms with Gasteiger partial charge in [-0.2, -0.15) is 10.1 Å². The first-order chi connectivity index (χ1) is 16.7. The molecule has 34 heavy (non-hydrogen) atoms. The van der Waals surface area contributed by atoms with Crippen molar-refractivity contribution in [1.82, 2.24) is 49.5 Å². The van der Waals surface area contributed by atoms with E-state index in [-0.39, 0.29) is 5.69 Å². The fourth-order valence-corrected chi connectivity index (χ4v) is 4.15. The van der Waals surface area contributed by atoms with Gasteiger partial charge in [-0.15, -0.1) is 5.10 Å². The topological polar surface area (TPSA) is 125 Å². The molecule has 0 bridgehead atoms. The average molecular weight is 457 g/mol. The van der Waals surface area contributed by atoms with E-state index in [4.69, 9.17) is 0 Å². The molecule has 1 aromatic carbocycles. The molecule has 4 heterocycles. The summed E-state index contributed by atoms with van der Waals surface area (Å²) in [7, 11) is 0. The summed E-state index contributed by atoms with van der Waals surface area (Å²) in [5.74, 6) is 1.09. The lowest BCUT2D eigenvalue weighted by Crippen LogP contribution is -2.26. The van der Waals surface area contributed by atoms with E-state index in [9.17, 15) is 4.79 Å². The van der Waals surface area contributed by atoms with Crippen LogP contribution >= 0.6 is 0 Å². The van der Waals surface area contributed by atoms with Gasteiger partial charge < -0.3 is 0 Å². The van der Waals surface area contributed by atoms with Crippen molar-refractivity contribution in [3.05, 3.63) is 77.0 Å². The second-order valence-electron chi connectivity index (χ2n) is 7.81. The highest BCUT2D eigenvalue weighted by atomic mass is 16.2. The smallest absolute Gasteiger partial charge is 0.291 e. The van der Waals surface area contributed by atoms with Gasteiger partial charge in [0.2, 0.25) is 5.95 Å². The summed E-state index contributed by atoms with van der Waals surface area (Å²) in [5, 5.41) is 18.6. The summed E-state index contributed by atoms with van der Waals surface area (Å²) in [6.07, 6.45) is 8.56. The predicted octanol–water partition coefficient (Wildman–Crippen LogP) is 2.49. The zero-order chi connectivity index (χ0) is 23.5. The Morgan fingerprint density at radius 1 is 1.06 bits per heavy atom. The normalized spacial score (nSPS) is 11.2. The van der Waals surface area contributed by atoms with Crippen molar-refractivity contribution in [2.45, 2.75) is 39.8 Å². The van der Waals surface area contributed by atoms with Crippen LogP contribution < -0.4 is 5.69 Å². The molecule has 0 aliphatic heterocycles. The fraction of sp³-hybridized carbons (Fsp3) is 0.261. The Kier molecular flexibility index (Phi) is 5.81. The SMILES string of the molecule is CCCc1cn(-c2ncnn2CC)c(=O)n1Cc1cnccc1-c1ccccc1-c1nnn[nH]1. The largest absolute Gasteiger partial charge is 0.335 e. The zero-order valence-electron chi connectivity index (χ0n) is 19.0. The van der Waals surface area contributed by atoms with Gasteiger partial charge in [0.25, 0.3) is 0 Å². The minimum atomic E-state index is -0.159. The highest BCUT2D eigenvalue weighted by molar-refractivity contribution is 5.81. The number of imidazole rings is 1. The molecule has 4 aromatic heterocycles.